The van der Waals surface area contributed by atoms with Gasteiger partial charge in [0.25, 0.3) is 5.91 Å². The number of benzene rings is 1. The molecule has 1 rings (SSSR count). The van der Waals surface area contributed by atoms with Crippen molar-refractivity contribution in [3.05, 3.63) is 35.4 Å². The Bertz CT molecular complexity index is 371. The second kappa shape index (κ2) is 8.67. The number of amides is 1. The van der Waals surface area contributed by atoms with Crippen LogP contribution in [0.4, 0.5) is 0 Å². The van der Waals surface area contributed by atoms with Gasteiger partial charge in [-0.2, -0.15) is 0 Å². The minimum absolute atomic E-state index is 0.0407. The van der Waals surface area contributed by atoms with E-state index in [4.69, 9.17) is 0 Å². The number of rotatable bonds is 8. The summed E-state index contributed by atoms with van der Waals surface area (Å²) in [5.74, 6) is -0.0407. The van der Waals surface area contributed by atoms with Crippen molar-refractivity contribution in [2.45, 2.75) is 20.4 Å². The van der Waals surface area contributed by atoms with Crippen molar-refractivity contribution in [1.29, 1.82) is 0 Å². The van der Waals surface area contributed by atoms with Crippen molar-refractivity contribution < 1.29 is 4.79 Å². The molecular formula is C15H25N3O. The summed E-state index contributed by atoms with van der Waals surface area (Å²) in [6.45, 7) is 9.46. The zero-order valence-electron chi connectivity index (χ0n) is 12.2. The molecule has 1 amide bonds. The van der Waals surface area contributed by atoms with Gasteiger partial charge in [-0.1, -0.05) is 26.0 Å². The zero-order valence-corrected chi connectivity index (χ0v) is 12.2. The first-order valence-corrected chi connectivity index (χ1v) is 6.95. The standard InChI is InChI=1S/C15H25N3O/c1-4-18(5-2)11-10-17-12-13-6-8-14(9-7-13)15(19)16-3/h6-9,17H,4-5,10-12H2,1-3H3,(H,16,19). The summed E-state index contributed by atoms with van der Waals surface area (Å²) in [5.41, 5.74) is 1.90. The monoisotopic (exact) mass is 263 g/mol. The number of hydrogen-bond donors (Lipinski definition) is 2. The molecule has 0 saturated heterocycles. The van der Waals surface area contributed by atoms with E-state index in [2.05, 4.69) is 29.4 Å². The minimum Gasteiger partial charge on any atom is -0.355 e. The van der Waals surface area contributed by atoms with Crippen LogP contribution in [-0.4, -0.2) is 44.0 Å². The molecule has 0 heterocycles. The summed E-state index contributed by atoms with van der Waals surface area (Å²) < 4.78 is 0. The summed E-state index contributed by atoms with van der Waals surface area (Å²) in [7, 11) is 1.64. The van der Waals surface area contributed by atoms with E-state index in [9.17, 15) is 4.79 Å². The molecule has 19 heavy (non-hydrogen) atoms. The Hall–Kier alpha value is -1.39. The summed E-state index contributed by atoms with van der Waals surface area (Å²) in [6, 6.07) is 7.71. The lowest BCUT2D eigenvalue weighted by atomic mass is 10.1. The average Bonchev–Trinajstić information content (AvgIpc) is 2.47. The smallest absolute Gasteiger partial charge is 0.251 e. The maximum atomic E-state index is 11.4. The van der Waals surface area contributed by atoms with Gasteiger partial charge in [-0.05, 0) is 30.8 Å². The number of nitrogens with one attached hydrogen (secondary N) is 2. The molecule has 1 aromatic carbocycles. The van der Waals surface area contributed by atoms with E-state index in [0.717, 1.165) is 32.7 Å². The third-order valence-corrected chi connectivity index (χ3v) is 3.27. The predicted molar refractivity (Wildman–Crippen MR) is 79.3 cm³/mol. The first-order chi connectivity index (χ1) is 9.21. The molecule has 106 valence electrons. The Labute approximate surface area is 116 Å². The summed E-state index contributed by atoms with van der Waals surface area (Å²) >= 11 is 0. The molecule has 0 bridgehead atoms. The second-order valence-electron chi connectivity index (χ2n) is 4.48. The fourth-order valence-electron chi connectivity index (χ4n) is 1.93. The lowest BCUT2D eigenvalue weighted by Gasteiger charge is -2.18. The molecule has 0 unspecified atom stereocenters. The molecular weight excluding hydrogens is 238 g/mol. The van der Waals surface area contributed by atoms with E-state index in [1.807, 2.05) is 24.3 Å². The molecule has 0 spiro atoms. The quantitative estimate of drug-likeness (QED) is 0.698. The Morgan fingerprint density at radius 1 is 1.16 bits per heavy atom. The van der Waals surface area contributed by atoms with Gasteiger partial charge in [-0.3, -0.25) is 4.79 Å². The van der Waals surface area contributed by atoms with Crippen molar-refractivity contribution in [2.75, 3.05) is 33.2 Å². The lowest BCUT2D eigenvalue weighted by molar-refractivity contribution is 0.0963. The third-order valence-electron chi connectivity index (χ3n) is 3.27. The lowest BCUT2D eigenvalue weighted by Crippen LogP contribution is -2.31. The Balaban J connectivity index is 2.32. The summed E-state index contributed by atoms with van der Waals surface area (Å²) in [6.07, 6.45) is 0. The number of likely N-dealkylation sites (N-methyl/N-ethyl adjacent to an activating group) is 1. The van der Waals surface area contributed by atoms with Crippen molar-refractivity contribution in [3.63, 3.8) is 0 Å². The van der Waals surface area contributed by atoms with Crippen molar-refractivity contribution >= 4 is 5.91 Å². The molecule has 0 fully saturated rings. The van der Waals surface area contributed by atoms with Gasteiger partial charge < -0.3 is 15.5 Å². The SMILES string of the molecule is CCN(CC)CCNCc1ccc(C(=O)NC)cc1. The maximum Gasteiger partial charge on any atom is 0.251 e. The molecule has 0 aromatic heterocycles. The molecule has 4 heteroatoms. The average molecular weight is 263 g/mol. The van der Waals surface area contributed by atoms with Gasteiger partial charge >= 0.3 is 0 Å². The first kappa shape index (κ1) is 15.7. The van der Waals surface area contributed by atoms with E-state index in [0.29, 0.717) is 5.56 Å². The van der Waals surface area contributed by atoms with Gasteiger partial charge in [0.15, 0.2) is 0 Å². The maximum absolute atomic E-state index is 11.4. The van der Waals surface area contributed by atoms with Gasteiger partial charge in [0.1, 0.15) is 0 Å². The number of nitrogens with zero attached hydrogens (tertiary/aromatic N) is 1. The molecule has 0 saturated carbocycles. The summed E-state index contributed by atoms with van der Waals surface area (Å²) in [4.78, 5) is 13.8. The number of carbonyl (C=O) groups is 1. The van der Waals surface area contributed by atoms with Crippen LogP contribution >= 0.6 is 0 Å². The van der Waals surface area contributed by atoms with Crippen LogP contribution in [-0.2, 0) is 6.54 Å². The van der Waals surface area contributed by atoms with Crippen LogP contribution in [0.25, 0.3) is 0 Å². The fraction of sp³-hybridized carbons (Fsp3) is 0.533. The Morgan fingerprint density at radius 3 is 2.32 bits per heavy atom. The summed E-state index contributed by atoms with van der Waals surface area (Å²) in [5, 5.41) is 6.04. The number of carbonyl (C=O) groups excluding carboxylic acids is 1. The van der Waals surface area contributed by atoms with Gasteiger partial charge in [0.05, 0.1) is 0 Å². The topological polar surface area (TPSA) is 44.4 Å². The van der Waals surface area contributed by atoms with Crippen LogP contribution in [0.15, 0.2) is 24.3 Å². The van der Waals surface area contributed by atoms with E-state index < -0.39 is 0 Å². The molecule has 4 nitrogen and oxygen atoms in total. The normalized spacial score (nSPS) is 10.7. The Morgan fingerprint density at radius 2 is 1.79 bits per heavy atom. The van der Waals surface area contributed by atoms with Crippen LogP contribution in [0.1, 0.15) is 29.8 Å². The highest BCUT2D eigenvalue weighted by molar-refractivity contribution is 5.93. The van der Waals surface area contributed by atoms with Gasteiger partial charge in [0, 0.05) is 32.2 Å². The Kier molecular flexibility index (Phi) is 7.15. The molecule has 0 aliphatic carbocycles. The third kappa shape index (κ3) is 5.41. The van der Waals surface area contributed by atoms with Gasteiger partial charge in [-0.15, -0.1) is 0 Å². The molecule has 0 aliphatic heterocycles. The number of hydrogen-bond acceptors (Lipinski definition) is 3. The molecule has 1 aromatic rings. The fourth-order valence-corrected chi connectivity index (χ4v) is 1.93. The minimum atomic E-state index is -0.0407. The van der Waals surface area contributed by atoms with E-state index in [-0.39, 0.29) is 5.91 Å². The first-order valence-electron chi connectivity index (χ1n) is 6.95. The van der Waals surface area contributed by atoms with Crippen LogP contribution in [0.2, 0.25) is 0 Å². The zero-order chi connectivity index (χ0) is 14.1. The second-order valence-corrected chi connectivity index (χ2v) is 4.48. The highest BCUT2D eigenvalue weighted by Crippen LogP contribution is 2.04. The van der Waals surface area contributed by atoms with Crippen molar-refractivity contribution in [2.24, 2.45) is 0 Å². The predicted octanol–water partition coefficient (Wildman–Crippen LogP) is 1.48. The molecule has 0 radical (unpaired) electrons. The van der Waals surface area contributed by atoms with Crippen molar-refractivity contribution in [3.8, 4) is 0 Å². The van der Waals surface area contributed by atoms with Crippen LogP contribution in [0, 0.1) is 0 Å². The van der Waals surface area contributed by atoms with Gasteiger partial charge in [0.2, 0.25) is 0 Å². The van der Waals surface area contributed by atoms with Crippen molar-refractivity contribution in [1.82, 2.24) is 15.5 Å². The van der Waals surface area contributed by atoms with E-state index >= 15 is 0 Å². The van der Waals surface area contributed by atoms with E-state index in [1.165, 1.54) is 5.56 Å². The largest absolute Gasteiger partial charge is 0.355 e. The highest BCUT2D eigenvalue weighted by atomic mass is 16.1. The molecule has 2 N–H and O–H groups in total. The van der Waals surface area contributed by atoms with Gasteiger partial charge in [-0.25, -0.2) is 0 Å². The van der Waals surface area contributed by atoms with E-state index in [1.54, 1.807) is 7.05 Å². The van der Waals surface area contributed by atoms with Crippen LogP contribution in [0.3, 0.4) is 0 Å². The highest BCUT2D eigenvalue weighted by Gasteiger charge is 2.02. The van der Waals surface area contributed by atoms with Crippen LogP contribution in [0.5, 0.6) is 0 Å². The van der Waals surface area contributed by atoms with Crippen LogP contribution < -0.4 is 10.6 Å². The molecule has 0 aliphatic rings. The molecule has 0 atom stereocenters.